The molecule has 21 heavy (non-hydrogen) atoms. The molecule has 1 heterocycles. The molecule has 0 radical (unpaired) electrons. The number of sulfone groups is 1. The molecule has 1 unspecified atom stereocenters. The second kappa shape index (κ2) is 6.43. The maximum atomic E-state index is 12.2. The van der Waals surface area contributed by atoms with Crippen molar-refractivity contribution in [2.75, 3.05) is 18.1 Å². The third-order valence-corrected chi connectivity index (χ3v) is 7.31. The van der Waals surface area contributed by atoms with Gasteiger partial charge in [-0.1, -0.05) is 30.3 Å². The minimum absolute atomic E-state index is 0.0662. The molecule has 1 aromatic carbocycles. The summed E-state index contributed by atoms with van der Waals surface area (Å²) in [6.07, 6.45) is 0.302. The van der Waals surface area contributed by atoms with E-state index in [-0.39, 0.29) is 30.9 Å². The molecule has 1 atom stereocenters. The Bertz CT molecular complexity index is 657. The Morgan fingerprint density at radius 3 is 2.33 bits per heavy atom. The predicted molar refractivity (Wildman–Crippen MR) is 82.0 cm³/mol. The zero-order valence-electron chi connectivity index (χ0n) is 11.6. The highest BCUT2D eigenvalue weighted by Crippen LogP contribution is 2.19. The lowest BCUT2D eigenvalue weighted by Crippen LogP contribution is -2.42. The largest absolute Gasteiger partial charge is 0.323 e. The van der Waals surface area contributed by atoms with E-state index in [2.05, 4.69) is 4.72 Å². The van der Waals surface area contributed by atoms with Crippen LogP contribution in [0.2, 0.25) is 0 Å². The molecular formula is C13H20N2O4S2. The molecule has 1 aliphatic rings. The highest BCUT2D eigenvalue weighted by atomic mass is 32.2. The van der Waals surface area contributed by atoms with Crippen molar-refractivity contribution in [1.82, 2.24) is 4.72 Å². The summed E-state index contributed by atoms with van der Waals surface area (Å²) in [6.45, 7) is 0.107. The van der Waals surface area contributed by atoms with Crippen LogP contribution in [0.1, 0.15) is 24.4 Å². The molecule has 1 saturated heterocycles. The Morgan fingerprint density at radius 2 is 1.76 bits per heavy atom. The number of benzene rings is 1. The summed E-state index contributed by atoms with van der Waals surface area (Å²) in [6, 6.07) is 8.81. The van der Waals surface area contributed by atoms with E-state index in [0.29, 0.717) is 0 Å². The van der Waals surface area contributed by atoms with Gasteiger partial charge in [-0.2, -0.15) is 0 Å². The van der Waals surface area contributed by atoms with Crippen LogP contribution in [0, 0.1) is 0 Å². The summed E-state index contributed by atoms with van der Waals surface area (Å²) < 4.78 is 49.5. The zero-order valence-corrected chi connectivity index (χ0v) is 13.2. The van der Waals surface area contributed by atoms with Gasteiger partial charge < -0.3 is 5.73 Å². The monoisotopic (exact) mass is 332 g/mol. The normalized spacial score (nSPS) is 21.0. The summed E-state index contributed by atoms with van der Waals surface area (Å²) in [7, 11) is -6.60. The Hall–Kier alpha value is -0.960. The lowest BCUT2D eigenvalue weighted by molar-refractivity contribution is 0.537. The second-order valence-corrected chi connectivity index (χ2v) is 9.61. The highest BCUT2D eigenvalue weighted by molar-refractivity contribution is 7.92. The number of hydrogen-bond donors (Lipinski definition) is 2. The van der Waals surface area contributed by atoms with Crippen molar-refractivity contribution in [2.45, 2.75) is 24.1 Å². The van der Waals surface area contributed by atoms with Crippen LogP contribution in [-0.4, -0.2) is 40.1 Å². The average molecular weight is 332 g/mol. The van der Waals surface area contributed by atoms with Gasteiger partial charge in [0.25, 0.3) is 0 Å². The fourth-order valence-corrected chi connectivity index (χ4v) is 5.61. The molecule has 1 aliphatic heterocycles. The fourth-order valence-electron chi connectivity index (χ4n) is 2.32. The van der Waals surface area contributed by atoms with Crippen LogP contribution in [-0.2, 0) is 19.9 Å². The van der Waals surface area contributed by atoms with Crippen molar-refractivity contribution < 1.29 is 16.8 Å². The first-order valence-electron chi connectivity index (χ1n) is 6.79. The van der Waals surface area contributed by atoms with Gasteiger partial charge in [0.1, 0.15) is 9.84 Å². The number of nitrogens with one attached hydrogen (secondary N) is 1. The van der Waals surface area contributed by atoms with Crippen molar-refractivity contribution in [2.24, 2.45) is 5.73 Å². The van der Waals surface area contributed by atoms with E-state index >= 15 is 0 Å². The molecule has 2 rings (SSSR count). The van der Waals surface area contributed by atoms with Crippen LogP contribution in [0.25, 0.3) is 0 Å². The minimum Gasteiger partial charge on any atom is -0.323 e. The van der Waals surface area contributed by atoms with Crippen LogP contribution in [0.4, 0.5) is 0 Å². The fraction of sp³-hybridized carbons (Fsp3) is 0.538. The Labute approximate surface area is 125 Å². The van der Waals surface area contributed by atoms with Gasteiger partial charge in [0.15, 0.2) is 0 Å². The average Bonchev–Trinajstić information content (AvgIpc) is 2.45. The van der Waals surface area contributed by atoms with Crippen LogP contribution >= 0.6 is 0 Å². The molecule has 6 nitrogen and oxygen atoms in total. The molecule has 1 aromatic rings. The summed E-state index contributed by atoms with van der Waals surface area (Å²) in [4.78, 5) is 0. The first-order valence-corrected chi connectivity index (χ1v) is 10.2. The topological polar surface area (TPSA) is 106 Å². The second-order valence-electron chi connectivity index (χ2n) is 5.26. The van der Waals surface area contributed by atoms with Crippen LogP contribution in [0.15, 0.2) is 30.3 Å². The van der Waals surface area contributed by atoms with Gasteiger partial charge in [-0.25, -0.2) is 21.6 Å². The van der Waals surface area contributed by atoms with Crippen molar-refractivity contribution in [3.05, 3.63) is 35.9 Å². The standard InChI is InChI=1S/C13H20N2O4S2/c14-13(11-4-2-1-3-5-11)10-15-21(18,19)12-6-8-20(16,17)9-7-12/h1-5,12-13,15H,6-10,14H2. The molecule has 0 aliphatic carbocycles. The van der Waals surface area contributed by atoms with E-state index in [1.54, 1.807) is 0 Å². The van der Waals surface area contributed by atoms with E-state index in [9.17, 15) is 16.8 Å². The SMILES string of the molecule is NC(CNS(=O)(=O)C1CCS(=O)(=O)CC1)c1ccccc1. The Balaban J connectivity index is 1.93. The molecule has 118 valence electrons. The molecule has 0 spiro atoms. The van der Waals surface area contributed by atoms with Crippen molar-refractivity contribution >= 4 is 19.9 Å². The smallest absolute Gasteiger partial charge is 0.214 e. The molecule has 3 N–H and O–H groups in total. The van der Waals surface area contributed by atoms with E-state index in [0.717, 1.165) is 5.56 Å². The third-order valence-electron chi connectivity index (χ3n) is 3.67. The summed E-state index contributed by atoms with van der Waals surface area (Å²) in [5.41, 5.74) is 6.81. The van der Waals surface area contributed by atoms with E-state index in [4.69, 9.17) is 5.73 Å². The first-order chi connectivity index (χ1) is 9.80. The van der Waals surface area contributed by atoms with Gasteiger partial charge in [-0.3, -0.25) is 0 Å². The van der Waals surface area contributed by atoms with Gasteiger partial charge in [-0.15, -0.1) is 0 Å². The van der Waals surface area contributed by atoms with Crippen LogP contribution in [0.5, 0.6) is 0 Å². The van der Waals surface area contributed by atoms with Gasteiger partial charge in [0.05, 0.1) is 16.8 Å². The minimum atomic E-state index is -3.53. The Kier molecular flexibility index (Phi) is 5.03. The molecule has 0 aromatic heterocycles. The lowest BCUT2D eigenvalue weighted by atomic mass is 10.1. The molecule has 8 heteroatoms. The predicted octanol–water partition coefficient (Wildman–Crippen LogP) is 0.183. The van der Waals surface area contributed by atoms with Gasteiger partial charge in [-0.05, 0) is 18.4 Å². The number of nitrogens with two attached hydrogens (primary N) is 1. The number of rotatable bonds is 5. The van der Waals surface area contributed by atoms with Crippen molar-refractivity contribution in [3.63, 3.8) is 0 Å². The van der Waals surface area contributed by atoms with Crippen molar-refractivity contribution in [1.29, 1.82) is 0 Å². The third kappa shape index (κ3) is 4.50. The lowest BCUT2D eigenvalue weighted by Gasteiger charge is -2.23. The number of hydrogen-bond acceptors (Lipinski definition) is 5. The van der Waals surface area contributed by atoms with Gasteiger partial charge in [0, 0.05) is 12.6 Å². The maximum Gasteiger partial charge on any atom is 0.214 e. The number of sulfonamides is 1. The van der Waals surface area contributed by atoms with Gasteiger partial charge >= 0.3 is 0 Å². The van der Waals surface area contributed by atoms with E-state index < -0.39 is 31.2 Å². The molecule has 0 amide bonds. The zero-order chi connectivity index (χ0) is 15.5. The maximum absolute atomic E-state index is 12.2. The Morgan fingerprint density at radius 1 is 1.19 bits per heavy atom. The van der Waals surface area contributed by atoms with Crippen molar-refractivity contribution in [3.8, 4) is 0 Å². The van der Waals surface area contributed by atoms with Gasteiger partial charge in [0.2, 0.25) is 10.0 Å². The van der Waals surface area contributed by atoms with Crippen LogP contribution < -0.4 is 10.5 Å². The summed E-state index contributed by atoms with van der Waals surface area (Å²) >= 11 is 0. The van der Waals surface area contributed by atoms with E-state index in [1.165, 1.54) is 0 Å². The first kappa shape index (κ1) is 16.4. The van der Waals surface area contributed by atoms with Crippen LogP contribution in [0.3, 0.4) is 0 Å². The highest BCUT2D eigenvalue weighted by Gasteiger charge is 2.32. The summed E-state index contributed by atoms with van der Waals surface area (Å²) in [5.74, 6) is -0.132. The molecular weight excluding hydrogens is 312 g/mol. The molecule has 0 saturated carbocycles. The molecule has 0 bridgehead atoms. The summed E-state index contributed by atoms with van der Waals surface area (Å²) in [5, 5.41) is -0.649. The van der Waals surface area contributed by atoms with E-state index in [1.807, 2.05) is 30.3 Å². The quantitative estimate of drug-likeness (QED) is 0.800. The molecule has 1 fully saturated rings.